The number of hydrogen-bond acceptors (Lipinski definition) is 9. The van der Waals surface area contributed by atoms with E-state index < -0.39 is 11.7 Å². The number of allylic oxidation sites excluding steroid dienone is 3. The van der Waals surface area contributed by atoms with Gasteiger partial charge in [0.2, 0.25) is 5.13 Å². The molecule has 0 fully saturated rings. The van der Waals surface area contributed by atoms with Gasteiger partial charge in [-0.25, -0.2) is 4.39 Å². The third-order valence-electron chi connectivity index (χ3n) is 6.40. The minimum absolute atomic E-state index is 0.0177. The predicted molar refractivity (Wildman–Crippen MR) is 140 cm³/mol. The Morgan fingerprint density at radius 3 is 2.62 bits per heavy atom. The van der Waals surface area contributed by atoms with Crippen LogP contribution in [0.3, 0.4) is 0 Å². The first kappa shape index (κ1) is 24.9. The lowest BCUT2D eigenvalue weighted by molar-refractivity contribution is -0.116. The molecule has 37 heavy (non-hydrogen) atoms. The number of nitrogens with zero attached hydrogens (tertiary/aromatic N) is 4. The summed E-state index contributed by atoms with van der Waals surface area (Å²) in [6.07, 6.45) is 1.58. The number of hydrogen-bond donors (Lipinski definition) is 1. The van der Waals surface area contributed by atoms with E-state index in [1.165, 1.54) is 35.2 Å². The fourth-order valence-corrected chi connectivity index (χ4v) is 6.37. The molecule has 2 aromatic carbocycles. The van der Waals surface area contributed by atoms with Crippen LogP contribution in [-0.2, 0) is 4.79 Å². The molecule has 2 aliphatic rings. The Morgan fingerprint density at radius 2 is 1.92 bits per heavy atom. The summed E-state index contributed by atoms with van der Waals surface area (Å²) in [6.45, 7) is 1.97. The van der Waals surface area contributed by atoms with Gasteiger partial charge in [0, 0.05) is 23.3 Å². The molecule has 2 heterocycles. The van der Waals surface area contributed by atoms with Gasteiger partial charge < -0.3 is 5.73 Å². The van der Waals surface area contributed by atoms with Gasteiger partial charge >= 0.3 is 0 Å². The minimum Gasteiger partial charge on any atom is -0.384 e. The molecule has 0 radical (unpaired) electrons. The van der Waals surface area contributed by atoms with Crippen molar-refractivity contribution in [2.75, 3.05) is 10.7 Å². The number of ketones is 2. The molecule has 1 aliphatic carbocycles. The maximum Gasteiger partial charge on any atom is 0.219 e. The second-order valence-electron chi connectivity index (χ2n) is 8.80. The van der Waals surface area contributed by atoms with E-state index in [9.17, 15) is 19.2 Å². The molecule has 1 atom stereocenters. The largest absolute Gasteiger partial charge is 0.384 e. The van der Waals surface area contributed by atoms with Gasteiger partial charge in [0.25, 0.3) is 0 Å². The molecule has 1 unspecified atom stereocenters. The fraction of sp³-hybridized carbons (Fsp3) is 0.222. The van der Waals surface area contributed by atoms with Crippen LogP contribution in [-0.4, -0.2) is 27.5 Å². The molecular formula is C27H22FN5O2S2. The Morgan fingerprint density at radius 1 is 1.19 bits per heavy atom. The third-order valence-corrected chi connectivity index (χ3v) is 8.45. The van der Waals surface area contributed by atoms with Gasteiger partial charge in [-0.2, -0.15) is 5.26 Å². The number of nitrogens with two attached hydrogens (primary N) is 1. The van der Waals surface area contributed by atoms with Crippen LogP contribution in [0, 0.1) is 24.1 Å². The summed E-state index contributed by atoms with van der Waals surface area (Å²) in [7, 11) is 0. The predicted octanol–water partition coefficient (Wildman–Crippen LogP) is 5.27. The maximum atomic E-state index is 13.6. The Balaban J connectivity index is 1.47. The van der Waals surface area contributed by atoms with Crippen LogP contribution in [0.25, 0.3) is 0 Å². The summed E-state index contributed by atoms with van der Waals surface area (Å²) >= 11 is 2.52. The second-order valence-corrected chi connectivity index (χ2v) is 11.0. The van der Waals surface area contributed by atoms with Crippen LogP contribution >= 0.6 is 23.1 Å². The van der Waals surface area contributed by atoms with Crippen molar-refractivity contribution in [1.82, 2.24) is 10.2 Å². The van der Waals surface area contributed by atoms with Gasteiger partial charge in [-0.1, -0.05) is 65.1 Å². The summed E-state index contributed by atoms with van der Waals surface area (Å²) in [5.41, 5.74) is 10.3. The Hall–Kier alpha value is -3.81. The van der Waals surface area contributed by atoms with Crippen LogP contribution in [0.5, 0.6) is 0 Å². The molecule has 10 heteroatoms. The van der Waals surface area contributed by atoms with Crippen LogP contribution in [0.15, 0.2) is 75.5 Å². The molecule has 186 valence electrons. The number of aryl methyl sites for hydroxylation is 1. The van der Waals surface area contributed by atoms with Gasteiger partial charge in [0.05, 0.1) is 23.3 Å². The number of benzene rings is 2. The van der Waals surface area contributed by atoms with Gasteiger partial charge in [-0.05, 0) is 37.5 Å². The highest BCUT2D eigenvalue weighted by Gasteiger charge is 2.41. The molecule has 2 N–H and O–H groups in total. The number of aromatic nitrogens is 2. The van der Waals surface area contributed by atoms with Crippen molar-refractivity contribution < 1.29 is 14.0 Å². The first-order valence-corrected chi connectivity index (χ1v) is 13.5. The third kappa shape index (κ3) is 4.80. The summed E-state index contributed by atoms with van der Waals surface area (Å²) in [5.74, 6) is -0.779. The zero-order valence-electron chi connectivity index (χ0n) is 19.9. The number of Topliss-reactive ketones (excluding diaryl/α,β-unsaturated/α-hetero) is 2. The molecule has 1 aliphatic heterocycles. The Kier molecular flexibility index (Phi) is 6.91. The molecule has 3 aromatic rings. The number of halogens is 1. The van der Waals surface area contributed by atoms with Gasteiger partial charge in [0.15, 0.2) is 15.9 Å². The van der Waals surface area contributed by atoms with E-state index in [0.29, 0.717) is 51.1 Å². The second kappa shape index (κ2) is 10.3. The zero-order chi connectivity index (χ0) is 26.1. The lowest BCUT2D eigenvalue weighted by Gasteiger charge is -2.38. The topological polar surface area (TPSA) is 113 Å². The lowest BCUT2D eigenvalue weighted by Crippen LogP contribution is -2.38. The van der Waals surface area contributed by atoms with E-state index >= 15 is 0 Å². The molecule has 0 spiro atoms. The van der Waals surface area contributed by atoms with E-state index in [2.05, 4.69) is 16.3 Å². The standard InChI is InChI=1S/C27H22FN5O2S2/c1-15-5-7-16(8-6-15)22(35)14-36-27-32-31-26(37-27)33-20-3-2-4-21(34)24(20)23(19(13-29)25(33)30)17-9-11-18(28)12-10-17/h5-12,23H,2-4,14,30H2,1H3. The Bertz CT molecular complexity index is 1490. The summed E-state index contributed by atoms with van der Waals surface area (Å²) in [4.78, 5) is 27.4. The van der Waals surface area contributed by atoms with E-state index in [1.54, 1.807) is 29.2 Å². The number of carbonyl (C=O) groups excluding carboxylic acids is 2. The zero-order valence-corrected chi connectivity index (χ0v) is 21.5. The van der Waals surface area contributed by atoms with E-state index in [0.717, 1.165) is 5.56 Å². The van der Waals surface area contributed by atoms with Crippen molar-refractivity contribution in [3.63, 3.8) is 0 Å². The quantitative estimate of drug-likeness (QED) is 0.338. The smallest absolute Gasteiger partial charge is 0.219 e. The van der Waals surface area contributed by atoms with Crippen molar-refractivity contribution in [3.8, 4) is 6.07 Å². The van der Waals surface area contributed by atoms with Crippen molar-refractivity contribution in [1.29, 1.82) is 5.26 Å². The number of carbonyl (C=O) groups is 2. The van der Waals surface area contributed by atoms with Crippen molar-refractivity contribution in [3.05, 3.63) is 93.7 Å². The first-order valence-electron chi connectivity index (χ1n) is 11.6. The molecule has 7 nitrogen and oxygen atoms in total. The van der Waals surface area contributed by atoms with Crippen LogP contribution in [0.2, 0.25) is 0 Å². The van der Waals surface area contributed by atoms with Gasteiger partial charge in [-0.3, -0.25) is 14.5 Å². The molecule has 5 rings (SSSR count). The van der Waals surface area contributed by atoms with E-state index in [-0.39, 0.29) is 28.7 Å². The fourth-order valence-electron chi connectivity index (χ4n) is 4.59. The highest BCUT2D eigenvalue weighted by atomic mass is 32.2. The molecule has 0 bridgehead atoms. The highest BCUT2D eigenvalue weighted by molar-refractivity contribution is 8.01. The molecule has 0 saturated carbocycles. The minimum atomic E-state index is -0.668. The first-order chi connectivity index (χ1) is 17.9. The van der Waals surface area contributed by atoms with Crippen molar-refractivity contribution in [2.45, 2.75) is 36.4 Å². The number of thioether (sulfide) groups is 1. The number of nitriles is 1. The van der Waals surface area contributed by atoms with Crippen LogP contribution in [0.1, 0.15) is 46.7 Å². The van der Waals surface area contributed by atoms with Gasteiger partial charge in [-0.15, -0.1) is 10.2 Å². The summed E-state index contributed by atoms with van der Waals surface area (Å²) in [6, 6.07) is 15.4. The monoisotopic (exact) mass is 531 g/mol. The molecule has 0 amide bonds. The maximum absolute atomic E-state index is 13.6. The summed E-state index contributed by atoms with van der Waals surface area (Å²) in [5, 5.41) is 19.0. The molecule has 0 saturated heterocycles. The number of rotatable bonds is 6. The molecular weight excluding hydrogens is 509 g/mol. The average molecular weight is 532 g/mol. The highest BCUT2D eigenvalue weighted by Crippen LogP contribution is 2.47. The number of anilines is 1. The van der Waals surface area contributed by atoms with Crippen molar-refractivity contribution >= 4 is 39.8 Å². The van der Waals surface area contributed by atoms with Crippen LogP contribution < -0.4 is 10.6 Å². The lowest BCUT2D eigenvalue weighted by atomic mass is 9.76. The normalized spacial score (nSPS) is 17.6. The van der Waals surface area contributed by atoms with E-state index in [4.69, 9.17) is 5.73 Å². The van der Waals surface area contributed by atoms with E-state index in [1.807, 2.05) is 19.1 Å². The SMILES string of the molecule is Cc1ccc(C(=O)CSc2nnc(N3C(N)=C(C#N)C(c4ccc(F)cc4)C4=C3CCCC4=O)s2)cc1. The summed E-state index contributed by atoms with van der Waals surface area (Å²) < 4.78 is 14.2. The molecule has 1 aromatic heterocycles. The van der Waals surface area contributed by atoms with Crippen LogP contribution in [0.4, 0.5) is 9.52 Å². The van der Waals surface area contributed by atoms with Crippen molar-refractivity contribution in [2.24, 2.45) is 5.73 Å². The Labute approximate surface area is 221 Å². The average Bonchev–Trinajstić information content (AvgIpc) is 3.36. The van der Waals surface area contributed by atoms with Gasteiger partial charge in [0.1, 0.15) is 11.6 Å².